The van der Waals surface area contributed by atoms with Crippen molar-refractivity contribution >= 4 is 8.32 Å². The van der Waals surface area contributed by atoms with Crippen LogP contribution in [0.25, 0.3) is 0 Å². The lowest BCUT2D eigenvalue weighted by molar-refractivity contribution is 0.275. The van der Waals surface area contributed by atoms with Crippen LogP contribution in [0.5, 0.6) is 0 Å². The van der Waals surface area contributed by atoms with Crippen molar-refractivity contribution in [1.82, 2.24) is 10.3 Å². The molecule has 4 heteroatoms. The first-order chi connectivity index (χ1) is 9.81. The van der Waals surface area contributed by atoms with Gasteiger partial charge in [-0.2, -0.15) is 0 Å². The van der Waals surface area contributed by atoms with Crippen molar-refractivity contribution in [3.8, 4) is 0 Å². The minimum absolute atomic E-state index is 0.284. The Bertz CT molecular complexity index is 468. The summed E-state index contributed by atoms with van der Waals surface area (Å²) in [6, 6.07) is 4.65. The summed E-state index contributed by atoms with van der Waals surface area (Å²) in [5.41, 5.74) is 2.66. The SMILES string of the molecule is CC(C)(C)[Si](C)(C)OCCN[C@H]1CCCc2cccnc21. The summed E-state index contributed by atoms with van der Waals surface area (Å²) in [7, 11) is -1.62. The number of hydrogen-bond donors (Lipinski definition) is 1. The molecule has 0 amide bonds. The first kappa shape index (κ1) is 16.7. The van der Waals surface area contributed by atoms with E-state index in [1.54, 1.807) is 0 Å². The van der Waals surface area contributed by atoms with Gasteiger partial charge in [-0.3, -0.25) is 4.98 Å². The zero-order valence-corrected chi connectivity index (χ0v) is 15.2. The largest absolute Gasteiger partial charge is 0.416 e. The monoisotopic (exact) mass is 306 g/mol. The third kappa shape index (κ3) is 4.15. The van der Waals surface area contributed by atoms with Crippen molar-refractivity contribution in [3.05, 3.63) is 29.6 Å². The van der Waals surface area contributed by atoms with Crippen molar-refractivity contribution in [2.75, 3.05) is 13.2 Å². The zero-order chi connectivity index (χ0) is 15.5. The minimum Gasteiger partial charge on any atom is -0.416 e. The van der Waals surface area contributed by atoms with Gasteiger partial charge in [-0.1, -0.05) is 26.8 Å². The molecule has 1 aliphatic carbocycles. The Balaban J connectivity index is 1.83. The molecule has 0 saturated carbocycles. The fraction of sp³-hybridized carbons (Fsp3) is 0.706. The van der Waals surface area contributed by atoms with Crippen LogP contribution in [0.3, 0.4) is 0 Å². The molecule has 1 aromatic rings. The van der Waals surface area contributed by atoms with E-state index in [1.165, 1.54) is 30.5 Å². The predicted octanol–water partition coefficient (Wildman–Crippen LogP) is 4.07. The molecule has 0 aromatic carbocycles. The molecule has 0 saturated heterocycles. The van der Waals surface area contributed by atoms with E-state index in [2.05, 4.69) is 50.2 Å². The molecule has 3 nitrogen and oxygen atoms in total. The van der Waals surface area contributed by atoms with Crippen molar-refractivity contribution < 1.29 is 4.43 Å². The van der Waals surface area contributed by atoms with Gasteiger partial charge >= 0.3 is 0 Å². The van der Waals surface area contributed by atoms with Gasteiger partial charge < -0.3 is 9.74 Å². The van der Waals surface area contributed by atoms with Crippen LogP contribution < -0.4 is 5.32 Å². The number of fused-ring (bicyclic) bond motifs is 1. The molecule has 1 heterocycles. The number of aryl methyl sites for hydroxylation is 1. The highest BCUT2D eigenvalue weighted by molar-refractivity contribution is 6.74. The van der Waals surface area contributed by atoms with Crippen LogP contribution in [0.1, 0.15) is 50.9 Å². The van der Waals surface area contributed by atoms with E-state index >= 15 is 0 Å². The third-order valence-corrected chi connectivity index (χ3v) is 9.50. The molecule has 21 heavy (non-hydrogen) atoms. The van der Waals surface area contributed by atoms with Crippen molar-refractivity contribution in [2.45, 2.75) is 64.2 Å². The zero-order valence-electron chi connectivity index (χ0n) is 14.2. The van der Waals surface area contributed by atoms with E-state index in [1.807, 2.05) is 12.3 Å². The van der Waals surface area contributed by atoms with Crippen molar-refractivity contribution in [2.24, 2.45) is 0 Å². The first-order valence-corrected chi connectivity index (χ1v) is 11.0. The van der Waals surface area contributed by atoms with Crippen LogP contribution in [0.2, 0.25) is 18.1 Å². The lowest BCUT2D eigenvalue weighted by Gasteiger charge is -2.36. The standard InChI is InChI=1S/C17H30N2OSi/c1-17(2,3)21(4,5)20-13-12-18-15-10-6-8-14-9-7-11-19-16(14)15/h7,9,11,15,18H,6,8,10,12-13H2,1-5H3/t15-/m0/s1. The summed E-state index contributed by atoms with van der Waals surface area (Å²) in [5.74, 6) is 0. The highest BCUT2D eigenvalue weighted by Crippen LogP contribution is 2.36. The van der Waals surface area contributed by atoms with E-state index in [0.29, 0.717) is 6.04 Å². The maximum Gasteiger partial charge on any atom is 0.192 e. The Hall–Kier alpha value is -0.713. The molecule has 1 aromatic heterocycles. The molecule has 1 N–H and O–H groups in total. The Morgan fingerprint density at radius 1 is 1.38 bits per heavy atom. The molecule has 0 spiro atoms. The summed E-state index contributed by atoms with van der Waals surface area (Å²) in [5, 5.41) is 3.92. The van der Waals surface area contributed by atoms with Crippen LogP contribution in [0, 0.1) is 0 Å². The number of pyridine rings is 1. The maximum absolute atomic E-state index is 6.23. The van der Waals surface area contributed by atoms with E-state index in [4.69, 9.17) is 4.43 Å². The second kappa shape index (κ2) is 6.59. The van der Waals surface area contributed by atoms with E-state index < -0.39 is 8.32 Å². The summed E-state index contributed by atoms with van der Waals surface area (Å²) in [4.78, 5) is 4.57. The van der Waals surface area contributed by atoms with Gasteiger partial charge in [0.15, 0.2) is 8.32 Å². The summed E-state index contributed by atoms with van der Waals surface area (Å²) < 4.78 is 6.23. The third-order valence-electron chi connectivity index (χ3n) is 4.96. The number of rotatable bonds is 5. The number of hydrogen-bond acceptors (Lipinski definition) is 3. The van der Waals surface area contributed by atoms with E-state index in [-0.39, 0.29) is 5.04 Å². The smallest absolute Gasteiger partial charge is 0.192 e. The molecule has 0 radical (unpaired) electrons. The van der Waals surface area contributed by atoms with Gasteiger partial charge in [0.25, 0.3) is 0 Å². The highest BCUT2D eigenvalue weighted by atomic mass is 28.4. The van der Waals surface area contributed by atoms with Gasteiger partial charge in [-0.05, 0) is 49.0 Å². The van der Waals surface area contributed by atoms with Gasteiger partial charge in [-0.15, -0.1) is 0 Å². The molecule has 0 aliphatic heterocycles. The molecule has 118 valence electrons. The molecule has 1 atom stereocenters. The highest BCUT2D eigenvalue weighted by Gasteiger charge is 2.36. The average Bonchev–Trinajstić information content (AvgIpc) is 2.42. The van der Waals surface area contributed by atoms with Gasteiger partial charge in [0, 0.05) is 25.4 Å². The summed E-state index contributed by atoms with van der Waals surface area (Å²) in [6.45, 7) is 13.2. The maximum atomic E-state index is 6.23. The van der Waals surface area contributed by atoms with Crippen LogP contribution in [0.15, 0.2) is 18.3 Å². The fourth-order valence-electron chi connectivity index (χ4n) is 2.56. The Morgan fingerprint density at radius 3 is 2.86 bits per heavy atom. The minimum atomic E-state index is -1.62. The van der Waals surface area contributed by atoms with Crippen molar-refractivity contribution in [1.29, 1.82) is 0 Å². The fourth-order valence-corrected chi connectivity index (χ4v) is 3.61. The molecule has 1 aliphatic rings. The second-order valence-corrected chi connectivity index (χ2v) is 12.4. The normalized spacial score (nSPS) is 19.4. The topological polar surface area (TPSA) is 34.1 Å². The quantitative estimate of drug-likeness (QED) is 0.658. The van der Waals surface area contributed by atoms with Crippen LogP contribution >= 0.6 is 0 Å². The van der Waals surface area contributed by atoms with E-state index in [9.17, 15) is 0 Å². The lowest BCUT2D eigenvalue weighted by atomic mass is 9.92. The molecule has 0 unspecified atom stereocenters. The van der Waals surface area contributed by atoms with Crippen LogP contribution in [-0.4, -0.2) is 26.5 Å². The van der Waals surface area contributed by atoms with Gasteiger partial charge in [0.1, 0.15) is 0 Å². The average molecular weight is 307 g/mol. The number of aromatic nitrogens is 1. The summed E-state index contributed by atoms with van der Waals surface area (Å²) in [6.07, 6.45) is 5.51. The predicted molar refractivity (Wildman–Crippen MR) is 91.1 cm³/mol. The Labute approximate surface area is 130 Å². The molecule has 0 bridgehead atoms. The molecule has 2 rings (SSSR count). The van der Waals surface area contributed by atoms with E-state index in [0.717, 1.165) is 13.2 Å². The number of nitrogens with zero attached hydrogens (tertiary/aromatic N) is 1. The summed E-state index contributed by atoms with van der Waals surface area (Å²) >= 11 is 0. The Kier molecular flexibility index (Phi) is 5.23. The lowest BCUT2D eigenvalue weighted by Crippen LogP contribution is -2.42. The molecular weight excluding hydrogens is 276 g/mol. The first-order valence-electron chi connectivity index (χ1n) is 8.12. The van der Waals surface area contributed by atoms with Gasteiger partial charge in [-0.25, -0.2) is 0 Å². The van der Waals surface area contributed by atoms with Crippen LogP contribution in [0.4, 0.5) is 0 Å². The van der Waals surface area contributed by atoms with Crippen molar-refractivity contribution in [3.63, 3.8) is 0 Å². The second-order valence-electron chi connectivity index (χ2n) is 7.56. The Morgan fingerprint density at radius 2 is 2.14 bits per heavy atom. The van der Waals surface area contributed by atoms with Gasteiger partial charge in [0.2, 0.25) is 0 Å². The molecule has 0 fully saturated rings. The van der Waals surface area contributed by atoms with Crippen LogP contribution in [-0.2, 0) is 10.8 Å². The number of nitrogens with one attached hydrogen (secondary N) is 1. The van der Waals surface area contributed by atoms with Gasteiger partial charge in [0.05, 0.1) is 5.69 Å². The molecular formula is C17H30N2OSi.